The zero-order chi connectivity index (χ0) is 19.7. The average Bonchev–Trinajstić information content (AvgIpc) is 2.53. The van der Waals surface area contributed by atoms with Crippen molar-refractivity contribution in [3.63, 3.8) is 0 Å². The van der Waals surface area contributed by atoms with Gasteiger partial charge in [-0.3, -0.25) is 14.9 Å². The predicted molar refractivity (Wildman–Crippen MR) is 86.5 cm³/mol. The van der Waals surface area contributed by atoms with E-state index >= 15 is 0 Å². The van der Waals surface area contributed by atoms with Gasteiger partial charge in [-0.2, -0.15) is 13.2 Å². The number of ether oxygens (including phenoxy) is 1. The number of rotatable bonds is 7. The first-order chi connectivity index (χ1) is 12.2. The number of amides is 3. The van der Waals surface area contributed by atoms with Crippen LogP contribution in [0, 0.1) is 0 Å². The second-order valence-corrected chi connectivity index (χ2v) is 5.35. The number of hydrogen-bond donors (Lipinski definition) is 3. The summed E-state index contributed by atoms with van der Waals surface area (Å²) in [6.45, 7) is 3.51. The lowest BCUT2D eigenvalue weighted by atomic mass is 10.2. The van der Waals surface area contributed by atoms with Gasteiger partial charge in [0.05, 0.1) is 18.7 Å². The summed E-state index contributed by atoms with van der Waals surface area (Å²) < 4.78 is 42.6. The van der Waals surface area contributed by atoms with E-state index < -0.39 is 29.6 Å². The summed E-state index contributed by atoms with van der Waals surface area (Å²) in [5.74, 6) is -1.17. The number of imide groups is 1. The van der Waals surface area contributed by atoms with Gasteiger partial charge >= 0.3 is 12.3 Å². The van der Waals surface area contributed by atoms with Crippen LogP contribution in [0.3, 0.4) is 0 Å². The summed E-state index contributed by atoms with van der Waals surface area (Å²) in [7, 11) is 0. The van der Waals surface area contributed by atoms with Crippen LogP contribution in [0.2, 0.25) is 0 Å². The second kappa shape index (κ2) is 9.76. The molecule has 0 aliphatic rings. The molecule has 1 aromatic carbocycles. The molecule has 144 valence electrons. The highest BCUT2D eigenvalue weighted by Crippen LogP contribution is 2.30. The highest BCUT2D eigenvalue weighted by atomic mass is 19.4. The summed E-state index contributed by atoms with van der Waals surface area (Å²) in [5.41, 5.74) is -0.861. The van der Waals surface area contributed by atoms with Crippen molar-refractivity contribution in [2.75, 3.05) is 31.6 Å². The number of alkyl carbamates (subject to hydrolysis) is 1. The number of likely N-dealkylation sites (N-methyl/N-ethyl adjacent to an activating group) is 1. The quantitative estimate of drug-likeness (QED) is 0.658. The number of carbonyl (C=O) groups excluding carboxylic acids is 3. The monoisotopic (exact) mass is 376 g/mol. The van der Waals surface area contributed by atoms with Crippen LogP contribution in [0.4, 0.5) is 23.7 Å². The molecule has 3 N–H and O–H groups in total. The van der Waals surface area contributed by atoms with E-state index in [1.54, 1.807) is 13.8 Å². The molecular weight excluding hydrogens is 355 g/mol. The van der Waals surface area contributed by atoms with Gasteiger partial charge in [-0.1, -0.05) is 6.07 Å². The molecule has 0 saturated heterocycles. The fraction of sp³-hybridized carbons (Fsp3) is 0.438. The van der Waals surface area contributed by atoms with Crippen molar-refractivity contribution in [3.8, 4) is 0 Å². The molecule has 3 amide bonds. The van der Waals surface area contributed by atoms with E-state index in [1.165, 1.54) is 12.1 Å². The smallest absolute Gasteiger partial charge is 0.416 e. The van der Waals surface area contributed by atoms with Crippen LogP contribution < -0.4 is 15.5 Å². The number of halogens is 3. The Labute approximate surface area is 148 Å². The average molecular weight is 376 g/mol. The van der Waals surface area contributed by atoms with Crippen LogP contribution in [0.25, 0.3) is 0 Å². The van der Waals surface area contributed by atoms with Gasteiger partial charge in [0.2, 0.25) is 0 Å². The number of benzene rings is 1. The maximum atomic E-state index is 12.7. The van der Waals surface area contributed by atoms with E-state index in [4.69, 9.17) is 0 Å². The Balaban J connectivity index is 2.59. The fourth-order valence-electron chi connectivity index (χ4n) is 2.07. The Morgan fingerprint density at radius 1 is 1.12 bits per heavy atom. The van der Waals surface area contributed by atoms with Gasteiger partial charge in [-0.25, -0.2) is 4.79 Å². The Hall–Kier alpha value is -2.62. The van der Waals surface area contributed by atoms with E-state index in [1.807, 2.05) is 5.32 Å². The number of alkyl halides is 3. The molecule has 1 aromatic rings. The molecule has 0 heterocycles. The largest absolute Gasteiger partial charge is 0.450 e. The number of carbonyl (C=O) groups is 3. The van der Waals surface area contributed by atoms with Crippen molar-refractivity contribution < 1.29 is 37.2 Å². The third-order valence-corrected chi connectivity index (χ3v) is 3.31. The zero-order valence-electron chi connectivity index (χ0n) is 14.4. The molecule has 0 radical (unpaired) electrons. The van der Waals surface area contributed by atoms with E-state index in [9.17, 15) is 27.6 Å². The van der Waals surface area contributed by atoms with Crippen LogP contribution in [0.15, 0.2) is 24.3 Å². The summed E-state index contributed by atoms with van der Waals surface area (Å²) in [4.78, 5) is 35.4. The first-order valence-corrected chi connectivity index (χ1v) is 7.93. The number of hydrogen-bond acceptors (Lipinski definition) is 4. The molecular formula is C16H21F3N3O4+. The Morgan fingerprint density at radius 3 is 2.35 bits per heavy atom. The van der Waals surface area contributed by atoms with Crippen LogP contribution in [-0.4, -0.2) is 44.1 Å². The zero-order valence-corrected chi connectivity index (χ0v) is 14.4. The van der Waals surface area contributed by atoms with Crippen LogP contribution in [-0.2, 0) is 20.5 Å². The third-order valence-electron chi connectivity index (χ3n) is 3.31. The van der Waals surface area contributed by atoms with Crippen molar-refractivity contribution in [1.82, 2.24) is 5.32 Å². The minimum atomic E-state index is -4.51. The van der Waals surface area contributed by atoms with E-state index in [2.05, 4.69) is 10.1 Å². The molecule has 0 aromatic heterocycles. The number of nitrogens with one attached hydrogen (secondary N) is 3. The van der Waals surface area contributed by atoms with Gasteiger partial charge in [0, 0.05) is 5.69 Å². The molecule has 1 atom stereocenters. The van der Waals surface area contributed by atoms with E-state index in [-0.39, 0.29) is 25.4 Å². The molecule has 0 fully saturated rings. The van der Waals surface area contributed by atoms with Crippen molar-refractivity contribution in [3.05, 3.63) is 29.8 Å². The van der Waals surface area contributed by atoms with Crippen molar-refractivity contribution in [2.45, 2.75) is 20.0 Å². The standard InChI is InChI=1S/C16H20F3N3O4/c1-3-22(10-14(24)21-15(25)26-4-2)9-13(23)20-12-7-5-6-11(8-12)16(17,18)19/h5-8H,3-4,9-10H2,1-2H3,(H,20,23)(H,21,24,25)/p+1. The highest BCUT2D eigenvalue weighted by Gasteiger charge is 2.30. The van der Waals surface area contributed by atoms with Gasteiger partial charge in [0.25, 0.3) is 11.8 Å². The van der Waals surface area contributed by atoms with E-state index in [0.29, 0.717) is 11.4 Å². The Kier molecular flexibility index (Phi) is 8.04. The van der Waals surface area contributed by atoms with Gasteiger partial charge in [-0.15, -0.1) is 0 Å². The fourth-order valence-corrected chi connectivity index (χ4v) is 2.07. The second-order valence-electron chi connectivity index (χ2n) is 5.35. The first kappa shape index (κ1) is 21.4. The Bertz CT molecular complexity index is 650. The maximum Gasteiger partial charge on any atom is 0.416 e. The van der Waals surface area contributed by atoms with Crippen molar-refractivity contribution in [1.29, 1.82) is 0 Å². The summed E-state index contributed by atoms with van der Waals surface area (Å²) >= 11 is 0. The summed E-state index contributed by atoms with van der Waals surface area (Å²) in [6, 6.07) is 4.26. The van der Waals surface area contributed by atoms with Gasteiger partial charge in [-0.05, 0) is 32.0 Å². The lowest BCUT2D eigenvalue weighted by molar-refractivity contribution is -0.881. The molecule has 7 nitrogen and oxygen atoms in total. The predicted octanol–water partition coefficient (Wildman–Crippen LogP) is 0.821. The molecule has 0 aliphatic carbocycles. The summed E-state index contributed by atoms with van der Waals surface area (Å²) in [5, 5.41) is 4.39. The van der Waals surface area contributed by atoms with Gasteiger partial charge in [0.15, 0.2) is 13.1 Å². The number of quaternary nitrogens is 1. The Morgan fingerprint density at radius 2 is 1.77 bits per heavy atom. The van der Waals surface area contributed by atoms with Crippen LogP contribution >= 0.6 is 0 Å². The first-order valence-electron chi connectivity index (χ1n) is 7.93. The summed E-state index contributed by atoms with van der Waals surface area (Å²) in [6.07, 6.45) is -5.38. The molecule has 1 rings (SSSR count). The minimum Gasteiger partial charge on any atom is -0.450 e. The van der Waals surface area contributed by atoms with Crippen LogP contribution in [0.1, 0.15) is 19.4 Å². The van der Waals surface area contributed by atoms with E-state index in [0.717, 1.165) is 12.1 Å². The molecule has 0 aliphatic heterocycles. The lowest BCUT2D eigenvalue weighted by Crippen LogP contribution is -3.14. The number of anilines is 1. The molecule has 1 unspecified atom stereocenters. The van der Waals surface area contributed by atoms with Crippen LogP contribution in [0.5, 0.6) is 0 Å². The molecule has 0 spiro atoms. The van der Waals surface area contributed by atoms with Gasteiger partial charge in [0.1, 0.15) is 0 Å². The maximum absolute atomic E-state index is 12.7. The minimum absolute atomic E-state index is 0.0104. The topological polar surface area (TPSA) is 88.9 Å². The highest BCUT2D eigenvalue weighted by molar-refractivity contribution is 5.93. The molecule has 26 heavy (non-hydrogen) atoms. The van der Waals surface area contributed by atoms with Gasteiger partial charge < -0.3 is 15.0 Å². The lowest BCUT2D eigenvalue weighted by Gasteiger charge is -2.17. The normalized spacial score (nSPS) is 12.2. The SMILES string of the molecule is CCOC(=O)NC(=O)C[NH+](CC)CC(=O)Nc1cccc(C(F)(F)F)c1. The van der Waals surface area contributed by atoms with Crippen molar-refractivity contribution >= 4 is 23.6 Å². The third kappa shape index (κ3) is 7.51. The molecule has 10 heteroatoms. The van der Waals surface area contributed by atoms with Crippen molar-refractivity contribution in [2.24, 2.45) is 0 Å². The molecule has 0 saturated carbocycles. The molecule has 0 bridgehead atoms.